The normalized spacial score (nSPS) is 53.1. The monoisotopic (exact) mass is 290 g/mol. The molecule has 0 radical (unpaired) electrons. The van der Waals surface area contributed by atoms with Gasteiger partial charge < -0.3 is 10.2 Å². The van der Waals surface area contributed by atoms with Crippen LogP contribution in [-0.2, 0) is 0 Å². The molecule has 0 amide bonds. The van der Waals surface area contributed by atoms with Gasteiger partial charge in [-0.15, -0.1) is 0 Å². The molecule has 21 heavy (non-hydrogen) atoms. The minimum absolute atomic E-state index is 0.0561. The third kappa shape index (κ3) is 1.84. The molecule has 4 aliphatic carbocycles. The number of hydrogen-bond donors (Lipinski definition) is 2. The summed E-state index contributed by atoms with van der Waals surface area (Å²) in [6.07, 6.45) is 10.1. The van der Waals surface area contributed by atoms with E-state index in [1.54, 1.807) is 11.1 Å². The summed E-state index contributed by atoms with van der Waals surface area (Å²) in [7, 11) is 0. The lowest BCUT2D eigenvalue weighted by Crippen LogP contribution is -2.48. The van der Waals surface area contributed by atoms with Crippen LogP contribution in [0.4, 0.5) is 0 Å². The lowest BCUT2D eigenvalue weighted by atomic mass is 9.49. The van der Waals surface area contributed by atoms with Gasteiger partial charge in [-0.3, -0.25) is 0 Å². The zero-order valence-electron chi connectivity index (χ0n) is 13.6. The van der Waals surface area contributed by atoms with Crippen LogP contribution in [0.15, 0.2) is 11.1 Å². The summed E-state index contributed by atoms with van der Waals surface area (Å²) in [5.41, 5.74) is 3.87. The first-order valence-electron chi connectivity index (χ1n) is 9.03. The Bertz CT molecular complexity index is 482. The van der Waals surface area contributed by atoms with Crippen LogP contribution >= 0.6 is 0 Å². The Morgan fingerprint density at radius 3 is 2.57 bits per heavy atom. The second-order valence-electron chi connectivity index (χ2n) is 8.74. The number of rotatable bonds is 0. The predicted molar refractivity (Wildman–Crippen MR) is 83.8 cm³/mol. The smallest absolute Gasteiger partial charge is 0.0634 e. The molecular formula is C19H30O2. The van der Waals surface area contributed by atoms with Crippen molar-refractivity contribution in [3.05, 3.63) is 11.1 Å². The zero-order valence-corrected chi connectivity index (χ0v) is 13.6. The maximum Gasteiger partial charge on any atom is 0.0634 e. The fourth-order valence-electron chi connectivity index (χ4n) is 6.45. The molecule has 0 spiro atoms. The molecule has 3 saturated carbocycles. The Labute approximate surface area is 128 Å². The van der Waals surface area contributed by atoms with E-state index in [0.29, 0.717) is 11.3 Å². The van der Waals surface area contributed by atoms with E-state index in [1.165, 1.54) is 32.1 Å². The highest BCUT2D eigenvalue weighted by Gasteiger charge is 2.54. The van der Waals surface area contributed by atoms with Gasteiger partial charge in [0.1, 0.15) is 0 Å². The van der Waals surface area contributed by atoms with Gasteiger partial charge in [0.05, 0.1) is 12.2 Å². The van der Waals surface area contributed by atoms with Crippen molar-refractivity contribution in [1.82, 2.24) is 0 Å². The predicted octanol–water partition coefficient (Wildman–Crippen LogP) is 3.82. The minimum atomic E-state index is -0.111. The van der Waals surface area contributed by atoms with E-state index in [9.17, 15) is 10.2 Å². The molecule has 0 aromatic rings. The summed E-state index contributed by atoms with van der Waals surface area (Å²) in [6.45, 7) is 4.81. The third-order valence-corrected chi connectivity index (χ3v) is 7.92. The lowest BCUT2D eigenvalue weighted by molar-refractivity contribution is -0.0405. The Morgan fingerprint density at radius 2 is 1.76 bits per heavy atom. The molecule has 4 aliphatic rings. The SMILES string of the molecule is CC12CCC3C(=C1CCC2O)CCC1CC(O)CCC13C. The van der Waals surface area contributed by atoms with E-state index >= 15 is 0 Å². The molecule has 0 saturated heterocycles. The molecule has 0 aromatic carbocycles. The molecule has 3 fully saturated rings. The van der Waals surface area contributed by atoms with Crippen molar-refractivity contribution in [1.29, 1.82) is 0 Å². The van der Waals surface area contributed by atoms with Crippen LogP contribution in [0.5, 0.6) is 0 Å². The first-order valence-corrected chi connectivity index (χ1v) is 9.03. The maximum atomic E-state index is 10.4. The number of hydrogen-bond acceptors (Lipinski definition) is 2. The maximum absolute atomic E-state index is 10.4. The van der Waals surface area contributed by atoms with Crippen LogP contribution < -0.4 is 0 Å². The van der Waals surface area contributed by atoms with Crippen molar-refractivity contribution in [2.24, 2.45) is 22.7 Å². The largest absolute Gasteiger partial charge is 0.393 e. The van der Waals surface area contributed by atoms with Crippen molar-refractivity contribution in [2.75, 3.05) is 0 Å². The minimum Gasteiger partial charge on any atom is -0.393 e. The number of allylic oxidation sites excluding steroid dienone is 1. The second kappa shape index (κ2) is 4.58. The van der Waals surface area contributed by atoms with Crippen LogP contribution in [-0.4, -0.2) is 22.4 Å². The molecule has 6 atom stereocenters. The summed E-state index contributed by atoms with van der Waals surface area (Å²) in [5.74, 6) is 1.45. The highest BCUT2D eigenvalue weighted by atomic mass is 16.3. The van der Waals surface area contributed by atoms with E-state index in [4.69, 9.17) is 0 Å². The van der Waals surface area contributed by atoms with E-state index in [0.717, 1.165) is 31.6 Å². The van der Waals surface area contributed by atoms with Gasteiger partial charge in [0.15, 0.2) is 0 Å². The fourth-order valence-corrected chi connectivity index (χ4v) is 6.45. The zero-order chi connectivity index (χ0) is 14.8. The summed E-state index contributed by atoms with van der Waals surface area (Å²) in [4.78, 5) is 0. The molecule has 0 bridgehead atoms. The van der Waals surface area contributed by atoms with Crippen LogP contribution in [0.25, 0.3) is 0 Å². The Balaban J connectivity index is 1.73. The molecule has 4 rings (SSSR count). The molecule has 0 aliphatic heterocycles. The standard InChI is InChI=1S/C19H30O2/c1-18-9-7-13(20)11-12(18)3-4-14-15-5-6-17(21)19(15,2)10-8-16(14)18/h12-13,16-17,20-21H,3-11H2,1-2H3. The van der Waals surface area contributed by atoms with Gasteiger partial charge in [0, 0.05) is 5.41 Å². The number of aliphatic hydroxyl groups is 2. The highest BCUT2D eigenvalue weighted by molar-refractivity contribution is 5.34. The van der Waals surface area contributed by atoms with Gasteiger partial charge in [-0.2, -0.15) is 0 Å². The Kier molecular flexibility index (Phi) is 3.11. The van der Waals surface area contributed by atoms with Crippen molar-refractivity contribution in [2.45, 2.75) is 83.8 Å². The molecule has 0 heterocycles. The van der Waals surface area contributed by atoms with Crippen LogP contribution in [0.1, 0.15) is 71.6 Å². The first-order chi connectivity index (χ1) is 9.95. The molecule has 6 unspecified atom stereocenters. The fraction of sp³-hybridized carbons (Fsp3) is 0.895. The summed E-state index contributed by atoms with van der Waals surface area (Å²) in [5, 5.41) is 20.5. The molecule has 2 heteroatoms. The molecule has 2 nitrogen and oxygen atoms in total. The van der Waals surface area contributed by atoms with E-state index in [1.807, 2.05) is 0 Å². The Morgan fingerprint density at radius 1 is 0.952 bits per heavy atom. The average molecular weight is 290 g/mol. The summed E-state index contributed by atoms with van der Waals surface area (Å²) >= 11 is 0. The number of fused-ring (bicyclic) bond motifs is 4. The van der Waals surface area contributed by atoms with Gasteiger partial charge in [0.25, 0.3) is 0 Å². The van der Waals surface area contributed by atoms with Gasteiger partial charge in [-0.05, 0) is 75.0 Å². The quantitative estimate of drug-likeness (QED) is 0.666. The highest BCUT2D eigenvalue weighted by Crippen LogP contribution is 2.63. The lowest BCUT2D eigenvalue weighted by Gasteiger charge is -2.56. The Hall–Kier alpha value is -0.340. The van der Waals surface area contributed by atoms with Crippen molar-refractivity contribution >= 4 is 0 Å². The topological polar surface area (TPSA) is 40.5 Å². The second-order valence-corrected chi connectivity index (χ2v) is 8.74. The molecule has 0 aromatic heterocycles. The van der Waals surface area contributed by atoms with Crippen molar-refractivity contribution in [3.63, 3.8) is 0 Å². The van der Waals surface area contributed by atoms with Crippen molar-refractivity contribution in [3.8, 4) is 0 Å². The summed E-state index contributed by atoms with van der Waals surface area (Å²) in [6, 6.07) is 0. The first kappa shape index (κ1) is 14.3. The van der Waals surface area contributed by atoms with E-state index < -0.39 is 0 Å². The molecular weight excluding hydrogens is 260 g/mol. The molecule has 2 N–H and O–H groups in total. The van der Waals surface area contributed by atoms with Gasteiger partial charge in [-0.1, -0.05) is 25.0 Å². The molecule has 118 valence electrons. The van der Waals surface area contributed by atoms with Crippen LogP contribution in [0, 0.1) is 22.7 Å². The van der Waals surface area contributed by atoms with Crippen LogP contribution in [0.2, 0.25) is 0 Å². The average Bonchev–Trinajstić information content (AvgIpc) is 2.76. The van der Waals surface area contributed by atoms with E-state index in [2.05, 4.69) is 13.8 Å². The van der Waals surface area contributed by atoms with Gasteiger partial charge in [-0.25, -0.2) is 0 Å². The van der Waals surface area contributed by atoms with Gasteiger partial charge >= 0.3 is 0 Å². The van der Waals surface area contributed by atoms with E-state index in [-0.39, 0.29) is 17.6 Å². The summed E-state index contributed by atoms with van der Waals surface area (Å²) < 4.78 is 0. The van der Waals surface area contributed by atoms with Crippen molar-refractivity contribution < 1.29 is 10.2 Å². The number of aliphatic hydroxyl groups excluding tert-OH is 2. The van der Waals surface area contributed by atoms with Gasteiger partial charge in [0.2, 0.25) is 0 Å². The third-order valence-electron chi connectivity index (χ3n) is 7.92. The van der Waals surface area contributed by atoms with Crippen LogP contribution in [0.3, 0.4) is 0 Å².